The summed E-state index contributed by atoms with van der Waals surface area (Å²) in [5.74, 6) is -0.504. The molecular weight excluding hydrogens is 683 g/mol. The Morgan fingerprint density at radius 3 is 1.47 bits per heavy atom. The summed E-state index contributed by atoms with van der Waals surface area (Å²) in [7, 11) is 0. The molecule has 0 aromatic rings. The molecule has 0 aromatic carbocycles. The fourth-order valence-corrected chi connectivity index (χ4v) is 7.19. The van der Waals surface area contributed by atoms with E-state index in [0.29, 0.717) is 19.3 Å². The minimum atomic E-state index is -0.793. The van der Waals surface area contributed by atoms with Crippen LogP contribution in [0.4, 0.5) is 0 Å². The summed E-state index contributed by atoms with van der Waals surface area (Å²) >= 11 is 0. The Morgan fingerprint density at radius 2 is 0.982 bits per heavy atom. The number of unbranched alkanes of at least 4 members (excludes halogenated alkanes) is 26. The van der Waals surface area contributed by atoms with Gasteiger partial charge in [0.2, 0.25) is 5.91 Å². The third-order valence-corrected chi connectivity index (χ3v) is 10.8. The van der Waals surface area contributed by atoms with Crippen LogP contribution in [0.25, 0.3) is 0 Å². The highest BCUT2D eigenvalue weighted by atomic mass is 16.5. The number of aliphatic hydroxyl groups is 2. The maximum absolute atomic E-state index is 13.1. The summed E-state index contributed by atoms with van der Waals surface area (Å²) in [6.07, 6.45) is 49.2. The second-order valence-corrected chi connectivity index (χ2v) is 16.2. The molecule has 0 spiro atoms. The van der Waals surface area contributed by atoms with E-state index in [4.69, 9.17) is 4.74 Å². The predicted molar refractivity (Wildman–Crippen MR) is 236 cm³/mol. The molecular formula is C49H91NO5. The molecule has 3 unspecified atom stereocenters. The maximum Gasteiger partial charge on any atom is 0.306 e. The fraction of sp³-hybridized carbons (Fsp3) is 0.837. The van der Waals surface area contributed by atoms with Crippen molar-refractivity contribution in [2.24, 2.45) is 0 Å². The van der Waals surface area contributed by atoms with Gasteiger partial charge in [-0.15, -0.1) is 0 Å². The molecule has 3 atom stereocenters. The lowest BCUT2D eigenvalue weighted by Crippen LogP contribution is -2.46. The number of esters is 1. The van der Waals surface area contributed by atoms with Gasteiger partial charge in [-0.2, -0.15) is 0 Å². The SMILES string of the molecule is CC/C=C/C=C/C=C\CCCCCC(CC(=O)NC(CO)C(O)CCCCCCCCCCCCCCCC)OC(=O)CCCCCCCCCCCCC. The Bertz CT molecular complexity index is 915. The molecule has 0 saturated carbocycles. The average molecular weight is 774 g/mol. The molecule has 55 heavy (non-hydrogen) atoms. The highest BCUT2D eigenvalue weighted by molar-refractivity contribution is 5.77. The number of hydrogen-bond donors (Lipinski definition) is 3. The van der Waals surface area contributed by atoms with Gasteiger partial charge in [0.05, 0.1) is 25.2 Å². The van der Waals surface area contributed by atoms with E-state index >= 15 is 0 Å². The largest absolute Gasteiger partial charge is 0.462 e. The Balaban J connectivity index is 4.56. The first kappa shape index (κ1) is 53.1. The van der Waals surface area contributed by atoms with Crippen LogP contribution in [0.15, 0.2) is 36.5 Å². The fourth-order valence-electron chi connectivity index (χ4n) is 7.19. The molecule has 322 valence electrons. The van der Waals surface area contributed by atoms with Gasteiger partial charge in [-0.1, -0.05) is 218 Å². The molecule has 0 aromatic heterocycles. The average Bonchev–Trinajstić information content (AvgIpc) is 3.18. The summed E-state index contributed by atoms with van der Waals surface area (Å²) in [5.41, 5.74) is 0. The number of carbonyl (C=O) groups excluding carboxylic acids is 2. The molecule has 0 radical (unpaired) electrons. The van der Waals surface area contributed by atoms with Crippen molar-refractivity contribution in [1.82, 2.24) is 5.32 Å². The lowest BCUT2D eigenvalue weighted by molar-refractivity contribution is -0.151. The third kappa shape index (κ3) is 38.7. The third-order valence-electron chi connectivity index (χ3n) is 10.8. The van der Waals surface area contributed by atoms with Gasteiger partial charge in [0, 0.05) is 6.42 Å². The van der Waals surface area contributed by atoms with Crippen molar-refractivity contribution in [2.45, 2.75) is 257 Å². The van der Waals surface area contributed by atoms with Crippen LogP contribution in [0.1, 0.15) is 239 Å². The van der Waals surface area contributed by atoms with E-state index < -0.39 is 18.2 Å². The van der Waals surface area contributed by atoms with Gasteiger partial charge in [-0.05, 0) is 44.9 Å². The van der Waals surface area contributed by atoms with E-state index in [1.54, 1.807) is 0 Å². The van der Waals surface area contributed by atoms with Gasteiger partial charge in [-0.3, -0.25) is 9.59 Å². The Morgan fingerprint density at radius 1 is 0.545 bits per heavy atom. The van der Waals surface area contributed by atoms with Gasteiger partial charge in [-0.25, -0.2) is 0 Å². The summed E-state index contributed by atoms with van der Waals surface area (Å²) in [4.78, 5) is 26.0. The van der Waals surface area contributed by atoms with E-state index in [1.807, 2.05) is 12.2 Å². The molecule has 3 N–H and O–H groups in total. The molecule has 0 rings (SSSR count). The van der Waals surface area contributed by atoms with E-state index in [0.717, 1.165) is 70.6 Å². The minimum Gasteiger partial charge on any atom is -0.462 e. The van der Waals surface area contributed by atoms with E-state index in [-0.39, 0.29) is 24.9 Å². The molecule has 0 bridgehead atoms. The Hall–Kier alpha value is -1.92. The second kappa shape index (κ2) is 43.2. The van der Waals surface area contributed by atoms with Gasteiger partial charge < -0.3 is 20.3 Å². The highest BCUT2D eigenvalue weighted by Crippen LogP contribution is 2.17. The number of nitrogens with one attached hydrogen (secondary N) is 1. The van der Waals surface area contributed by atoms with Gasteiger partial charge in [0.25, 0.3) is 0 Å². The monoisotopic (exact) mass is 774 g/mol. The Kier molecular flexibility index (Phi) is 41.7. The normalized spacial score (nSPS) is 13.6. The molecule has 6 nitrogen and oxygen atoms in total. The van der Waals surface area contributed by atoms with Crippen molar-refractivity contribution in [2.75, 3.05) is 6.61 Å². The number of hydrogen-bond acceptors (Lipinski definition) is 5. The number of allylic oxidation sites excluding steroid dienone is 6. The molecule has 0 heterocycles. The van der Waals surface area contributed by atoms with Gasteiger partial charge >= 0.3 is 5.97 Å². The lowest BCUT2D eigenvalue weighted by Gasteiger charge is -2.24. The van der Waals surface area contributed by atoms with Crippen LogP contribution in [0.5, 0.6) is 0 Å². The summed E-state index contributed by atoms with van der Waals surface area (Å²) in [5, 5.41) is 23.7. The van der Waals surface area contributed by atoms with E-state index in [9.17, 15) is 19.8 Å². The summed E-state index contributed by atoms with van der Waals surface area (Å²) in [6.45, 7) is 6.33. The highest BCUT2D eigenvalue weighted by Gasteiger charge is 2.24. The van der Waals surface area contributed by atoms with Crippen LogP contribution in [0, 0.1) is 0 Å². The summed E-state index contributed by atoms with van der Waals surface area (Å²) in [6, 6.07) is -0.708. The quantitative estimate of drug-likeness (QED) is 0.0326. The van der Waals surface area contributed by atoms with Crippen LogP contribution < -0.4 is 5.32 Å². The maximum atomic E-state index is 13.1. The number of carbonyl (C=O) groups is 2. The zero-order valence-electron chi connectivity index (χ0n) is 36.6. The lowest BCUT2D eigenvalue weighted by atomic mass is 10.0. The van der Waals surface area contributed by atoms with Crippen molar-refractivity contribution >= 4 is 11.9 Å². The molecule has 0 fully saturated rings. The van der Waals surface area contributed by atoms with Crippen molar-refractivity contribution in [3.8, 4) is 0 Å². The van der Waals surface area contributed by atoms with E-state index in [2.05, 4.69) is 50.4 Å². The van der Waals surface area contributed by atoms with Crippen LogP contribution in [-0.2, 0) is 14.3 Å². The van der Waals surface area contributed by atoms with Crippen molar-refractivity contribution in [3.63, 3.8) is 0 Å². The van der Waals surface area contributed by atoms with Crippen LogP contribution >= 0.6 is 0 Å². The first-order valence-electron chi connectivity index (χ1n) is 23.7. The second-order valence-electron chi connectivity index (χ2n) is 16.2. The zero-order chi connectivity index (χ0) is 40.3. The molecule has 0 aliphatic carbocycles. The zero-order valence-corrected chi connectivity index (χ0v) is 36.6. The smallest absolute Gasteiger partial charge is 0.306 e. The van der Waals surface area contributed by atoms with Crippen LogP contribution in [0.3, 0.4) is 0 Å². The van der Waals surface area contributed by atoms with Crippen molar-refractivity contribution in [1.29, 1.82) is 0 Å². The predicted octanol–water partition coefficient (Wildman–Crippen LogP) is 13.7. The Labute approximate surface area is 341 Å². The standard InChI is InChI=1S/C49H91NO5/c1-4-7-10-13-16-19-22-23-24-27-29-32-35-38-41-47(52)46(44-51)50-48(53)43-45(40-37-34-31-28-25-20-17-14-11-8-5-2)55-49(54)42-39-36-33-30-26-21-18-15-12-9-6-3/h8,11,14,17,20,25,45-47,51-52H,4-7,9-10,12-13,15-16,18-19,21-24,26-44H2,1-3H3,(H,50,53)/b11-8+,17-14+,25-20-. The number of aliphatic hydroxyl groups excluding tert-OH is 2. The number of ether oxygens (including phenoxy) is 1. The summed E-state index contributed by atoms with van der Waals surface area (Å²) < 4.78 is 5.88. The topological polar surface area (TPSA) is 95.9 Å². The van der Waals surface area contributed by atoms with Crippen molar-refractivity contribution < 1.29 is 24.5 Å². The molecule has 0 aliphatic heterocycles. The first-order chi connectivity index (χ1) is 27.0. The molecule has 0 saturated heterocycles. The van der Waals surface area contributed by atoms with Crippen LogP contribution in [0.2, 0.25) is 0 Å². The van der Waals surface area contributed by atoms with Gasteiger partial charge in [0.15, 0.2) is 0 Å². The molecule has 0 aliphatic rings. The number of rotatable bonds is 42. The van der Waals surface area contributed by atoms with E-state index in [1.165, 1.54) is 122 Å². The van der Waals surface area contributed by atoms with Crippen LogP contribution in [-0.4, -0.2) is 46.9 Å². The molecule has 6 heteroatoms. The van der Waals surface area contributed by atoms with Crippen molar-refractivity contribution in [3.05, 3.63) is 36.5 Å². The minimum absolute atomic E-state index is 0.0576. The first-order valence-corrected chi connectivity index (χ1v) is 23.7. The van der Waals surface area contributed by atoms with Gasteiger partial charge in [0.1, 0.15) is 6.10 Å². The number of amides is 1. The molecule has 1 amide bonds.